The number of carbonyl (C=O) groups excluding carboxylic acids is 1. The van der Waals surface area contributed by atoms with Gasteiger partial charge in [-0.1, -0.05) is 30.3 Å². The number of hydrogen-bond acceptors (Lipinski definition) is 4. The predicted octanol–water partition coefficient (Wildman–Crippen LogP) is 2.40. The number of amides is 1. The van der Waals surface area contributed by atoms with Crippen LogP contribution in [-0.2, 0) is 16.1 Å². The highest BCUT2D eigenvalue weighted by molar-refractivity contribution is 5.69. The summed E-state index contributed by atoms with van der Waals surface area (Å²) >= 11 is 0. The second-order valence-electron chi connectivity index (χ2n) is 6.81. The summed E-state index contributed by atoms with van der Waals surface area (Å²) in [7, 11) is 0. The van der Waals surface area contributed by atoms with Gasteiger partial charge in [0.25, 0.3) is 0 Å². The predicted molar refractivity (Wildman–Crippen MR) is 85.4 cm³/mol. The molecule has 1 aliphatic rings. The van der Waals surface area contributed by atoms with E-state index in [9.17, 15) is 4.79 Å². The summed E-state index contributed by atoms with van der Waals surface area (Å²) in [4.78, 5) is 13.5. The van der Waals surface area contributed by atoms with Gasteiger partial charge in [-0.25, -0.2) is 4.79 Å². The average molecular weight is 306 g/mol. The third-order valence-corrected chi connectivity index (χ3v) is 3.59. The highest BCUT2D eigenvalue weighted by Gasteiger charge is 2.36. The summed E-state index contributed by atoms with van der Waals surface area (Å²) in [6.07, 6.45) is -0.263. The number of carbonyl (C=O) groups is 1. The molecule has 122 valence electrons. The van der Waals surface area contributed by atoms with Gasteiger partial charge in [-0.3, -0.25) is 0 Å². The molecule has 5 heteroatoms. The topological polar surface area (TPSA) is 64.8 Å². The van der Waals surface area contributed by atoms with Gasteiger partial charge < -0.3 is 20.1 Å². The van der Waals surface area contributed by atoms with E-state index < -0.39 is 5.60 Å². The Bertz CT molecular complexity index is 478. The molecule has 22 heavy (non-hydrogen) atoms. The van der Waals surface area contributed by atoms with E-state index in [1.54, 1.807) is 4.90 Å². The summed E-state index contributed by atoms with van der Waals surface area (Å²) in [5, 5.41) is 0. The maximum Gasteiger partial charge on any atom is 0.410 e. The Morgan fingerprint density at radius 2 is 1.95 bits per heavy atom. The molecule has 2 rings (SSSR count). The fourth-order valence-electron chi connectivity index (χ4n) is 2.28. The van der Waals surface area contributed by atoms with Crippen LogP contribution < -0.4 is 5.73 Å². The molecular formula is C17H26N2O3. The van der Waals surface area contributed by atoms with Gasteiger partial charge in [-0.05, 0) is 26.3 Å². The maximum atomic E-state index is 11.8. The van der Waals surface area contributed by atoms with Gasteiger partial charge in [0.05, 0.1) is 13.2 Å². The van der Waals surface area contributed by atoms with Gasteiger partial charge in [0.15, 0.2) is 0 Å². The molecule has 1 unspecified atom stereocenters. The van der Waals surface area contributed by atoms with Gasteiger partial charge in [-0.2, -0.15) is 0 Å². The zero-order valence-corrected chi connectivity index (χ0v) is 13.6. The van der Waals surface area contributed by atoms with Crippen molar-refractivity contribution < 1.29 is 14.3 Å². The smallest absolute Gasteiger partial charge is 0.410 e. The van der Waals surface area contributed by atoms with Gasteiger partial charge >= 0.3 is 6.09 Å². The number of nitrogens with two attached hydrogens (primary N) is 1. The van der Waals surface area contributed by atoms with Crippen molar-refractivity contribution in [3.63, 3.8) is 0 Å². The van der Waals surface area contributed by atoms with E-state index in [0.29, 0.717) is 26.3 Å². The summed E-state index contributed by atoms with van der Waals surface area (Å²) < 4.78 is 11.0. The molecule has 2 N–H and O–H groups in total. The molecule has 1 atom stereocenters. The molecule has 1 heterocycles. The second-order valence-corrected chi connectivity index (χ2v) is 6.81. The van der Waals surface area contributed by atoms with Crippen LogP contribution in [0.15, 0.2) is 30.3 Å². The lowest BCUT2D eigenvalue weighted by Crippen LogP contribution is -2.58. The highest BCUT2D eigenvalue weighted by atomic mass is 16.6. The van der Waals surface area contributed by atoms with Crippen molar-refractivity contribution >= 4 is 6.09 Å². The molecule has 0 saturated carbocycles. The van der Waals surface area contributed by atoms with Crippen LogP contribution in [-0.4, -0.2) is 42.3 Å². The van der Waals surface area contributed by atoms with Crippen molar-refractivity contribution in [3.05, 3.63) is 35.9 Å². The third-order valence-electron chi connectivity index (χ3n) is 3.59. The molecule has 0 bridgehead atoms. The zero-order chi connectivity index (χ0) is 16.2. The van der Waals surface area contributed by atoms with Crippen molar-refractivity contribution in [1.82, 2.24) is 4.90 Å². The molecule has 1 aromatic carbocycles. The zero-order valence-electron chi connectivity index (χ0n) is 13.6. The van der Waals surface area contributed by atoms with Crippen molar-refractivity contribution in [1.29, 1.82) is 0 Å². The van der Waals surface area contributed by atoms with E-state index in [-0.39, 0.29) is 18.1 Å². The first-order valence-corrected chi connectivity index (χ1v) is 7.70. The van der Waals surface area contributed by atoms with E-state index in [1.165, 1.54) is 0 Å². The largest absolute Gasteiger partial charge is 0.444 e. The monoisotopic (exact) mass is 306 g/mol. The molecule has 1 saturated heterocycles. The van der Waals surface area contributed by atoms with E-state index in [0.717, 1.165) is 5.56 Å². The lowest BCUT2D eigenvalue weighted by molar-refractivity contribution is -0.0125. The molecule has 0 spiro atoms. The van der Waals surface area contributed by atoms with Crippen LogP contribution in [0, 0.1) is 5.92 Å². The number of likely N-dealkylation sites (tertiary alicyclic amines) is 1. The third kappa shape index (κ3) is 5.00. The maximum absolute atomic E-state index is 11.8. The molecule has 0 radical (unpaired) electrons. The SMILES string of the molecule is CC(C)(C)OC(=O)N1CC(C(N)COCc2ccccc2)C1. The number of benzene rings is 1. The molecule has 1 amide bonds. The van der Waals surface area contributed by atoms with Crippen LogP contribution in [0.3, 0.4) is 0 Å². The summed E-state index contributed by atoms with van der Waals surface area (Å²) in [6.45, 7) is 7.95. The Labute approximate surface area is 132 Å². The summed E-state index contributed by atoms with van der Waals surface area (Å²) in [5.41, 5.74) is 6.81. The lowest BCUT2D eigenvalue weighted by Gasteiger charge is -2.42. The van der Waals surface area contributed by atoms with Crippen molar-refractivity contribution in [3.8, 4) is 0 Å². The van der Waals surface area contributed by atoms with E-state index in [2.05, 4.69) is 0 Å². The molecular weight excluding hydrogens is 280 g/mol. The molecule has 1 fully saturated rings. The van der Waals surface area contributed by atoms with Gasteiger partial charge in [0.1, 0.15) is 5.60 Å². The lowest BCUT2D eigenvalue weighted by atomic mass is 9.93. The minimum absolute atomic E-state index is 0.0533. The summed E-state index contributed by atoms with van der Waals surface area (Å²) in [6, 6.07) is 9.96. The minimum atomic E-state index is -0.455. The first-order chi connectivity index (χ1) is 10.3. The highest BCUT2D eigenvalue weighted by Crippen LogP contribution is 2.21. The Balaban J connectivity index is 1.64. The van der Waals surface area contributed by atoms with Gasteiger partial charge in [0, 0.05) is 25.0 Å². The number of nitrogens with zero attached hydrogens (tertiary/aromatic N) is 1. The standard InChI is InChI=1S/C17H26N2O3/c1-17(2,3)22-16(20)19-9-14(10-19)15(18)12-21-11-13-7-5-4-6-8-13/h4-8,14-15H,9-12,18H2,1-3H3. The first-order valence-electron chi connectivity index (χ1n) is 7.70. The number of ether oxygens (including phenoxy) is 2. The van der Waals surface area contributed by atoms with E-state index in [4.69, 9.17) is 15.2 Å². The van der Waals surface area contributed by atoms with Crippen LogP contribution in [0.4, 0.5) is 4.79 Å². The molecule has 1 aliphatic heterocycles. The quantitative estimate of drug-likeness (QED) is 0.907. The van der Waals surface area contributed by atoms with Crippen LogP contribution in [0.5, 0.6) is 0 Å². The fourth-order valence-corrected chi connectivity index (χ4v) is 2.28. The Kier molecular flexibility index (Phi) is 5.42. The van der Waals surface area contributed by atoms with Crippen LogP contribution in [0.25, 0.3) is 0 Å². The van der Waals surface area contributed by atoms with E-state index in [1.807, 2.05) is 51.1 Å². The Morgan fingerprint density at radius 1 is 1.32 bits per heavy atom. The molecule has 1 aromatic rings. The number of hydrogen-bond donors (Lipinski definition) is 1. The van der Waals surface area contributed by atoms with Crippen molar-refractivity contribution in [2.24, 2.45) is 11.7 Å². The number of rotatable bonds is 5. The Morgan fingerprint density at radius 3 is 2.55 bits per heavy atom. The van der Waals surface area contributed by atoms with Crippen molar-refractivity contribution in [2.75, 3.05) is 19.7 Å². The van der Waals surface area contributed by atoms with E-state index >= 15 is 0 Å². The average Bonchev–Trinajstić information content (AvgIpc) is 2.36. The minimum Gasteiger partial charge on any atom is -0.444 e. The fraction of sp³-hybridized carbons (Fsp3) is 0.588. The first kappa shape index (κ1) is 16.8. The van der Waals surface area contributed by atoms with Crippen LogP contribution >= 0.6 is 0 Å². The Hall–Kier alpha value is -1.59. The molecule has 0 aliphatic carbocycles. The summed E-state index contributed by atoms with van der Waals surface area (Å²) in [5.74, 6) is 0.281. The normalized spacial score (nSPS) is 17.0. The second kappa shape index (κ2) is 7.11. The van der Waals surface area contributed by atoms with Gasteiger partial charge in [0.2, 0.25) is 0 Å². The van der Waals surface area contributed by atoms with Crippen LogP contribution in [0.2, 0.25) is 0 Å². The van der Waals surface area contributed by atoms with Crippen LogP contribution in [0.1, 0.15) is 26.3 Å². The molecule has 5 nitrogen and oxygen atoms in total. The molecule has 0 aromatic heterocycles. The van der Waals surface area contributed by atoms with Crippen molar-refractivity contribution in [2.45, 2.75) is 39.0 Å². The van der Waals surface area contributed by atoms with Gasteiger partial charge in [-0.15, -0.1) is 0 Å².